The van der Waals surface area contributed by atoms with E-state index in [1.807, 2.05) is 14.0 Å². The van der Waals surface area contributed by atoms with Gasteiger partial charge in [-0.1, -0.05) is 6.07 Å². The third-order valence-electron chi connectivity index (χ3n) is 2.81. The molecule has 0 unspecified atom stereocenters. The number of hydrogen-bond acceptors (Lipinski definition) is 2. The molecular formula is C12H16N2S. The summed E-state index contributed by atoms with van der Waals surface area (Å²) in [6.45, 7) is 6.20. The van der Waals surface area contributed by atoms with Gasteiger partial charge in [0.2, 0.25) is 0 Å². The van der Waals surface area contributed by atoms with Gasteiger partial charge in [0.1, 0.15) is 5.82 Å². The van der Waals surface area contributed by atoms with Crippen LogP contribution in [0.5, 0.6) is 0 Å². The first kappa shape index (κ1) is 10.6. The Kier molecular flexibility index (Phi) is 2.30. The van der Waals surface area contributed by atoms with Crippen LogP contribution in [0.1, 0.15) is 25.2 Å². The van der Waals surface area contributed by atoms with Gasteiger partial charge in [-0.3, -0.25) is 0 Å². The number of benzene rings is 1. The standard InChI is InChI=1S/C12H16N2S/c1-8-13-10-7-9(12(2,3)15)5-6-11(10)14(8)4/h5-7,15H,1-4H3. The highest BCUT2D eigenvalue weighted by Crippen LogP contribution is 2.29. The summed E-state index contributed by atoms with van der Waals surface area (Å²) < 4.78 is 1.99. The molecule has 2 rings (SSSR count). The van der Waals surface area contributed by atoms with Crippen molar-refractivity contribution in [1.29, 1.82) is 0 Å². The van der Waals surface area contributed by atoms with Crippen LogP contribution in [0.3, 0.4) is 0 Å². The smallest absolute Gasteiger partial charge is 0.106 e. The van der Waals surface area contributed by atoms with E-state index in [0.29, 0.717) is 0 Å². The van der Waals surface area contributed by atoms with Gasteiger partial charge in [0.25, 0.3) is 0 Å². The average Bonchev–Trinajstić information content (AvgIpc) is 2.41. The molecule has 0 saturated heterocycles. The quantitative estimate of drug-likeness (QED) is 0.731. The van der Waals surface area contributed by atoms with Crippen LogP contribution in [-0.2, 0) is 11.8 Å². The van der Waals surface area contributed by atoms with E-state index in [-0.39, 0.29) is 4.75 Å². The second-order valence-corrected chi connectivity index (χ2v) is 5.60. The largest absolute Gasteiger partial charge is 0.331 e. The van der Waals surface area contributed by atoms with Crippen LogP contribution in [0.4, 0.5) is 0 Å². The third-order valence-corrected chi connectivity index (χ3v) is 3.07. The minimum absolute atomic E-state index is 0.111. The molecule has 2 nitrogen and oxygen atoms in total. The zero-order chi connectivity index (χ0) is 11.2. The second kappa shape index (κ2) is 3.27. The van der Waals surface area contributed by atoms with Crippen LogP contribution < -0.4 is 0 Å². The minimum atomic E-state index is -0.111. The molecule has 0 bridgehead atoms. The van der Waals surface area contributed by atoms with Crippen LogP contribution >= 0.6 is 12.6 Å². The summed E-state index contributed by atoms with van der Waals surface area (Å²) in [7, 11) is 2.04. The van der Waals surface area contributed by atoms with Gasteiger partial charge in [-0.05, 0) is 38.5 Å². The van der Waals surface area contributed by atoms with E-state index >= 15 is 0 Å². The molecule has 1 aromatic heterocycles. The highest BCUT2D eigenvalue weighted by Gasteiger charge is 2.16. The summed E-state index contributed by atoms with van der Waals surface area (Å²) in [5.74, 6) is 1.04. The van der Waals surface area contributed by atoms with Crippen LogP contribution in [0.25, 0.3) is 11.0 Å². The zero-order valence-corrected chi connectivity index (χ0v) is 10.5. The Balaban J connectivity index is 2.67. The second-order valence-electron chi connectivity index (χ2n) is 4.48. The van der Waals surface area contributed by atoms with E-state index in [0.717, 1.165) is 11.3 Å². The number of nitrogens with zero attached hydrogens (tertiary/aromatic N) is 2. The Morgan fingerprint density at radius 1 is 1.33 bits per heavy atom. The summed E-state index contributed by atoms with van der Waals surface area (Å²) in [6.07, 6.45) is 0. The SMILES string of the molecule is Cc1nc2cc(C(C)(C)S)ccc2n1C. The Hall–Kier alpha value is -0.960. The lowest BCUT2D eigenvalue weighted by Crippen LogP contribution is -2.07. The first-order valence-electron chi connectivity index (χ1n) is 5.05. The number of thiol groups is 1. The number of aromatic nitrogens is 2. The number of imidazole rings is 1. The van der Waals surface area contributed by atoms with Gasteiger partial charge >= 0.3 is 0 Å². The maximum absolute atomic E-state index is 4.57. The number of rotatable bonds is 1. The Bertz CT molecular complexity index is 506. The maximum Gasteiger partial charge on any atom is 0.106 e. The highest BCUT2D eigenvalue weighted by molar-refractivity contribution is 7.81. The minimum Gasteiger partial charge on any atom is -0.331 e. The first-order chi connectivity index (χ1) is 6.89. The van der Waals surface area contributed by atoms with Crippen molar-refractivity contribution in [3.63, 3.8) is 0 Å². The molecule has 0 spiro atoms. The Labute approximate surface area is 95.7 Å². The van der Waals surface area contributed by atoms with Crippen LogP contribution in [-0.4, -0.2) is 9.55 Å². The van der Waals surface area contributed by atoms with Crippen molar-refractivity contribution >= 4 is 23.7 Å². The number of hydrogen-bond donors (Lipinski definition) is 1. The fraction of sp³-hybridized carbons (Fsp3) is 0.417. The van der Waals surface area contributed by atoms with Gasteiger partial charge < -0.3 is 4.57 Å². The van der Waals surface area contributed by atoms with E-state index in [1.165, 1.54) is 11.1 Å². The van der Waals surface area contributed by atoms with Crippen molar-refractivity contribution in [3.8, 4) is 0 Å². The van der Waals surface area contributed by atoms with Crippen LogP contribution in [0.15, 0.2) is 18.2 Å². The fourth-order valence-electron chi connectivity index (χ4n) is 1.70. The van der Waals surface area contributed by atoms with Gasteiger partial charge in [0.05, 0.1) is 11.0 Å². The molecule has 0 N–H and O–H groups in total. The van der Waals surface area contributed by atoms with E-state index in [4.69, 9.17) is 0 Å². The lowest BCUT2D eigenvalue weighted by molar-refractivity contribution is 0.792. The van der Waals surface area contributed by atoms with Crippen LogP contribution in [0.2, 0.25) is 0 Å². The average molecular weight is 220 g/mol. The van der Waals surface area contributed by atoms with Gasteiger partial charge in [0, 0.05) is 11.8 Å². The maximum atomic E-state index is 4.57. The molecule has 0 aliphatic carbocycles. The molecule has 1 aromatic carbocycles. The summed E-state index contributed by atoms with van der Waals surface area (Å²) in [5.41, 5.74) is 3.43. The molecule has 0 saturated carbocycles. The molecule has 2 aromatic rings. The van der Waals surface area contributed by atoms with E-state index in [1.54, 1.807) is 0 Å². The van der Waals surface area contributed by atoms with Gasteiger partial charge in [-0.15, -0.1) is 0 Å². The molecule has 15 heavy (non-hydrogen) atoms. The third kappa shape index (κ3) is 1.76. The molecular weight excluding hydrogens is 204 g/mol. The van der Waals surface area contributed by atoms with E-state index < -0.39 is 0 Å². The van der Waals surface area contributed by atoms with Gasteiger partial charge in [-0.25, -0.2) is 4.98 Å². The molecule has 0 aliphatic rings. The molecule has 80 valence electrons. The van der Waals surface area contributed by atoms with Gasteiger partial charge in [-0.2, -0.15) is 12.6 Å². The molecule has 1 heterocycles. The first-order valence-corrected chi connectivity index (χ1v) is 5.50. The molecule has 0 radical (unpaired) electrons. The summed E-state index contributed by atoms with van der Waals surface area (Å²) in [5, 5.41) is 0. The summed E-state index contributed by atoms with van der Waals surface area (Å²) >= 11 is 4.57. The highest BCUT2D eigenvalue weighted by atomic mass is 32.1. The summed E-state index contributed by atoms with van der Waals surface area (Å²) in [6, 6.07) is 6.36. The van der Waals surface area contributed by atoms with Crippen molar-refractivity contribution in [2.45, 2.75) is 25.5 Å². The molecule has 0 fully saturated rings. The molecule has 3 heteroatoms. The Morgan fingerprint density at radius 3 is 2.60 bits per heavy atom. The van der Waals surface area contributed by atoms with Crippen molar-refractivity contribution in [2.24, 2.45) is 7.05 Å². The monoisotopic (exact) mass is 220 g/mol. The normalized spacial score (nSPS) is 12.3. The molecule has 0 atom stereocenters. The Morgan fingerprint density at radius 2 is 2.00 bits per heavy atom. The number of fused-ring (bicyclic) bond motifs is 1. The van der Waals surface area contributed by atoms with Crippen molar-refractivity contribution in [2.75, 3.05) is 0 Å². The van der Waals surface area contributed by atoms with Gasteiger partial charge in [0.15, 0.2) is 0 Å². The summed E-state index contributed by atoms with van der Waals surface area (Å²) in [4.78, 5) is 4.52. The lowest BCUT2D eigenvalue weighted by atomic mass is 10.0. The zero-order valence-electron chi connectivity index (χ0n) is 9.57. The predicted octanol–water partition coefficient (Wildman–Crippen LogP) is 3.05. The molecule has 0 amide bonds. The van der Waals surface area contributed by atoms with E-state index in [2.05, 4.69) is 54.2 Å². The topological polar surface area (TPSA) is 17.8 Å². The lowest BCUT2D eigenvalue weighted by Gasteiger charge is -2.17. The van der Waals surface area contributed by atoms with Crippen molar-refractivity contribution in [1.82, 2.24) is 9.55 Å². The number of aryl methyl sites for hydroxylation is 2. The van der Waals surface area contributed by atoms with Crippen molar-refractivity contribution < 1.29 is 0 Å². The van der Waals surface area contributed by atoms with Crippen LogP contribution in [0, 0.1) is 6.92 Å². The van der Waals surface area contributed by atoms with E-state index in [9.17, 15) is 0 Å². The molecule has 0 aliphatic heterocycles. The van der Waals surface area contributed by atoms with Crippen molar-refractivity contribution in [3.05, 3.63) is 29.6 Å². The predicted molar refractivity (Wildman–Crippen MR) is 67.5 cm³/mol. The fourth-order valence-corrected chi connectivity index (χ4v) is 1.84.